The van der Waals surface area contributed by atoms with Crippen molar-refractivity contribution in [2.75, 3.05) is 6.54 Å². The lowest BCUT2D eigenvalue weighted by atomic mass is 9.89. The van der Waals surface area contributed by atoms with Gasteiger partial charge in [-0.05, 0) is 36.0 Å². The molecule has 1 aromatic rings. The topological polar surface area (TPSA) is 83.5 Å². The molecule has 1 aliphatic carbocycles. The highest BCUT2D eigenvalue weighted by Gasteiger charge is 2.27. The van der Waals surface area contributed by atoms with E-state index in [0.29, 0.717) is 11.1 Å². The van der Waals surface area contributed by atoms with E-state index in [2.05, 4.69) is 22.4 Å². The monoisotopic (exact) mass is 262 g/mol. The van der Waals surface area contributed by atoms with E-state index in [1.807, 2.05) is 12.1 Å². The summed E-state index contributed by atoms with van der Waals surface area (Å²) in [5.74, 6) is 0.0459. The van der Waals surface area contributed by atoms with Crippen LogP contribution in [0, 0.1) is 5.41 Å². The van der Waals surface area contributed by atoms with Crippen LogP contribution in [0.1, 0.15) is 43.9 Å². The predicted molar refractivity (Wildman–Crippen MR) is 75.0 cm³/mol. The summed E-state index contributed by atoms with van der Waals surface area (Å²) in [6.07, 6.45) is 7.00. The van der Waals surface area contributed by atoms with Gasteiger partial charge >= 0.3 is 0 Å². The maximum atomic E-state index is 8.64. The molecule has 5 nitrogen and oxygen atoms in total. The predicted octanol–water partition coefficient (Wildman–Crippen LogP) is 1.85. The molecule has 1 fully saturated rings. The maximum Gasteiger partial charge on any atom is 0.188 e. The molecule has 104 valence electrons. The summed E-state index contributed by atoms with van der Waals surface area (Å²) in [6.45, 7) is 4.17. The molecule has 4 N–H and O–H groups in total. The standard InChI is InChI=1S/C14H22N4O/c1-14(5-2-3-6-14)10-16-9-11-4-7-17-12(8-11)13(15)18-19/h4,7-8,16,19H,2-3,5-6,9-10H2,1H3,(H2,15,18). The average Bonchev–Trinajstić information content (AvgIpc) is 2.85. The first kappa shape index (κ1) is 13.8. The fourth-order valence-electron chi connectivity index (χ4n) is 2.69. The third-order valence-electron chi connectivity index (χ3n) is 3.89. The van der Waals surface area contributed by atoms with Gasteiger partial charge in [0.05, 0.1) is 0 Å². The van der Waals surface area contributed by atoms with Crippen LogP contribution in [-0.4, -0.2) is 22.6 Å². The van der Waals surface area contributed by atoms with E-state index in [4.69, 9.17) is 10.9 Å². The molecule has 1 heterocycles. The summed E-state index contributed by atoms with van der Waals surface area (Å²) in [6, 6.07) is 3.79. The van der Waals surface area contributed by atoms with Gasteiger partial charge in [-0.2, -0.15) is 0 Å². The molecule has 0 radical (unpaired) electrons. The Morgan fingerprint density at radius 1 is 1.53 bits per heavy atom. The first-order valence-electron chi connectivity index (χ1n) is 6.76. The van der Waals surface area contributed by atoms with Gasteiger partial charge in [0.15, 0.2) is 5.84 Å². The van der Waals surface area contributed by atoms with E-state index >= 15 is 0 Å². The van der Waals surface area contributed by atoms with Crippen molar-refractivity contribution < 1.29 is 5.21 Å². The van der Waals surface area contributed by atoms with E-state index in [1.54, 1.807) is 6.20 Å². The Kier molecular flexibility index (Phi) is 4.37. The molecule has 0 spiro atoms. The van der Waals surface area contributed by atoms with Crippen molar-refractivity contribution in [2.45, 2.75) is 39.2 Å². The highest BCUT2D eigenvalue weighted by molar-refractivity contribution is 5.95. The number of nitrogens with two attached hydrogens (primary N) is 1. The highest BCUT2D eigenvalue weighted by Crippen LogP contribution is 2.36. The minimum Gasteiger partial charge on any atom is -0.409 e. The summed E-state index contributed by atoms with van der Waals surface area (Å²) in [5.41, 5.74) is 7.58. The third kappa shape index (κ3) is 3.67. The Bertz CT molecular complexity index is 453. The van der Waals surface area contributed by atoms with E-state index in [0.717, 1.165) is 18.7 Å². The number of nitrogens with zero attached hydrogens (tertiary/aromatic N) is 2. The Morgan fingerprint density at radius 3 is 2.95 bits per heavy atom. The first-order chi connectivity index (χ1) is 9.13. The van der Waals surface area contributed by atoms with Crippen molar-refractivity contribution in [1.29, 1.82) is 0 Å². The van der Waals surface area contributed by atoms with Crippen LogP contribution in [0.2, 0.25) is 0 Å². The number of rotatable bonds is 5. The van der Waals surface area contributed by atoms with Crippen molar-refractivity contribution in [3.63, 3.8) is 0 Å². The molecule has 0 saturated heterocycles. The van der Waals surface area contributed by atoms with Crippen molar-refractivity contribution in [3.8, 4) is 0 Å². The molecule has 0 bridgehead atoms. The second-order valence-corrected chi connectivity index (χ2v) is 5.66. The molecular weight excluding hydrogens is 240 g/mol. The van der Waals surface area contributed by atoms with Crippen molar-refractivity contribution in [1.82, 2.24) is 10.3 Å². The Hall–Kier alpha value is -1.62. The van der Waals surface area contributed by atoms with E-state index in [9.17, 15) is 0 Å². The Labute approximate surface area is 113 Å². The minimum atomic E-state index is 0.0459. The lowest BCUT2D eigenvalue weighted by Gasteiger charge is -2.23. The molecule has 0 amide bonds. The van der Waals surface area contributed by atoms with Crippen LogP contribution >= 0.6 is 0 Å². The van der Waals surface area contributed by atoms with Crippen LogP contribution in [0.25, 0.3) is 0 Å². The molecule has 19 heavy (non-hydrogen) atoms. The van der Waals surface area contributed by atoms with Crippen LogP contribution in [-0.2, 0) is 6.54 Å². The molecule has 2 rings (SSSR count). The average molecular weight is 262 g/mol. The molecule has 0 aliphatic heterocycles. The van der Waals surface area contributed by atoms with Crippen LogP contribution in [0.4, 0.5) is 0 Å². The molecular formula is C14H22N4O. The lowest BCUT2D eigenvalue weighted by Crippen LogP contribution is -2.29. The zero-order valence-corrected chi connectivity index (χ0v) is 11.4. The molecule has 0 aromatic carbocycles. The van der Waals surface area contributed by atoms with Crippen LogP contribution in [0.15, 0.2) is 23.5 Å². The first-order valence-corrected chi connectivity index (χ1v) is 6.76. The number of oxime groups is 1. The zero-order chi connectivity index (χ0) is 13.7. The van der Waals surface area contributed by atoms with Crippen molar-refractivity contribution >= 4 is 5.84 Å². The zero-order valence-electron chi connectivity index (χ0n) is 11.4. The maximum absolute atomic E-state index is 8.64. The summed E-state index contributed by atoms with van der Waals surface area (Å²) >= 11 is 0. The van der Waals surface area contributed by atoms with Gasteiger partial charge in [0, 0.05) is 19.3 Å². The second kappa shape index (κ2) is 6.02. The number of hydrogen-bond acceptors (Lipinski definition) is 4. The molecule has 0 unspecified atom stereocenters. The Balaban J connectivity index is 1.89. The SMILES string of the molecule is CC1(CNCc2ccnc(C(N)=NO)c2)CCCC1. The highest BCUT2D eigenvalue weighted by atomic mass is 16.4. The van der Waals surface area contributed by atoms with Gasteiger partial charge in [-0.3, -0.25) is 4.98 Å². The normalized spacial score (nSPS) is 18.7. The number of nitrogens with one attached hydrogen (secondary N) is 1. The largest absolute Gasteiger partial charge is 0.409 e. The summed E-state index contributed by atoms with van der Waals surface area (Å²) < 4.78 is 0. The quantitative estimate of drug-likeness (QED) is 0.327. The fourth-order valence-corrected chi connectivity index (χ4v) is 2.69. The number of amidine groups is 1. The van der Waals surface area contributed by atoms with Crippen molar-refractivity contribution in [2.24, 2.45) is 16.3 Å². The molecule has 1 aromatic heterocycles. The van der Waals surface area contributed by atoms with Gasteiger partial charge in [-0.25, -0.2) is 0 Å². The number of hydrogen-bond donors (Lipinski definition) is 3. The van der Waals surface area contributed by atoms with Gasteiger partial charge in [0.1, 0.15) is 5.69 Å². The lowest BCUT2D eigenvalue weighted by molar-refractivity contribution is 0.314. The fraction of sp³-hybridized carbons (Fsp3) is 0.571. The van der Waals surface area contributed by atoms with Gasteiger partial charge in [-0.1, -0.05) is 24.9 Å². The molecule has 5 heteroatoms. The molecule has 1 saturated carbocycles. The molecule has 1 aliphatic rings. The van der Waals surface area contributed by atoms with Gasteiger partial charge < -0.3 is 16.3 Å². The van der Waals surface area contributed by atoms with E-state index in [1.165, 1.54) is 25.7 Å². The summed E-state index contributed by atoms with van der Waals surface area (Å²) in [5, 5.41) is 15.1. The Morgan fingerprint density at radius 2 is 2.26 bits per heavy atom. The third-order valence-corrected chi connectivity index (χ3v) is 3.89. The smallest absolute Gasteiger partial charge is 0.188 e. The number of aromatic nitrogens is 1. The van der Waals surface area contributed by atoms with Crippen LogP contribution < -0.4 is 11.1 Å². The number of pyridine rings is 1. The minimum absolute atomic E-state index is 0.0459. The van der Waals surface area contributed by atoms with Gasteiger partial charge in [-0.15, -0.1) is 0 Å². The van der Waals surface area contributed by atoms with Gasteiger partial charge in [0.25, 0.3) is 0 Å². The van der Waals surface area contributed by atoms with E-state index in [-0.39, 0.29) is 5.84 Å². The summed E-state index contributed by atoms with van der Waals surface area (Å²) in [7, 11) is 0. The van der Waals surface area contributed by atoms with Gasteiger partial charge in [0.2, 0.25) is 0 Å². The van der Waals surface area contributed by atoms with Crippen molar-refractivity contribution in [3.05, 3.63) is 29.6 Å². The van der Waals surface area contributed by atoms with Crippen LogP contribution in [0.5, 0.6) is 0 Å². The summed E-state index contributed by atoms with van der Waals surface area (Å²) in [4.78, 5) is 4.07. The van der Waals surface area contributed by atoms with E-state index < -0.39 is 0 Å². The van der Waals surface area contributed by atoms with Crippen LogP contribution in [0.3, 0.4) is 0 Å². The second-order valence-electron chi connectivity index (χ2n) is 5.66. The molecule has 0 atom stereocenters.